The molecule has 0 amide bonds. The minimum absolute atomic E-state index is 0.143. The second-order valence-corrected chi connectivity index (χ2v) is 2.23. The molecule has 1 rings (SSSR count). The maximum absolute atomic E-state index is 12.7. The molecule has 7 nitrogen and oxygen atoms in total. The van der Waals surface area contributed by atoms with Gasteiger partial charge in [0.2, 0.25) is 0 Å². The van der Waals surface area contributed by atoms with Crippen LogP contribution in [0.15, 0.2) is 29.3 Å². The zero-order valence-corrected chi connectivity index (χ0v) is 7.50. The molecule has 0 aromatic heterocycles. The fourth-order valence-electron chi connectivity index (χ4n) is 0.681. The lowest BCUT2D eigenvalue weighted by Gasteiger charge is -1.94. The average Bonchev–Trinajstić information content (AvgIpc) is 2.07. The molecule has 0 spiro atoms. The zero-order valence-electron chi connectivity index (χ0n) is 7.50. The highest BCUT2D eigenvalue weighted by Gasteiger charge is 1.96. The molecule has 1 aromatic rings. The third-order valence-corrected chi connectivity index (χ3v) is 1.10. The Kier molecular flexibility index (Phi) is 5.16. The van der Waals surface area contributed by atoms with Crippen molar-refractivity contribution in [3.63, 3.8) is 0 Å². The Balaban J connectivity index is 0.000000423. The first-order chi connectivity index (χ1) is 6.93. The average molecular weight is 216 g/mol. The van der Waals surface area contributed by atoms with Gasteiger partial charge in [0, 0.05) is 0 Å². The van der Waals surface area contributed by atoms with Crippen LogP contribution in [0.25, 0.3) is 0 Å². The monoisotopic (exact) mass is 216 g/mol. The number of nitrogens with two attached hydrogens (primary N) is 2. The Hall–Kier alpha value is -2.38. The fourth-order valence-corrected chi connectivity index (χ4v) is 0.681. The van der Waals surface area contributed by atoms with E-state index in [1.165, 1.54) is 12.1 Å². The minimum atomic E-state index is -1.50. The molecule has 82 valence electrons. The van der Waals surface area contributed by atoms with E-state index in [1.54, 1.807) is 12.1 Å². The summed E-state index contributed by atoms with van der Waals surface area (Å²) in [5.74, 6) is -0.573. The Bertz CT molecular complexity index is 361. The van der Waals surface area contributed by atoms with E-state index in [2.05, 4.69) is 4.99 Å². The quantitative estimate of drug-likeness (QED) is 0.270. The molecule has 0 saturated heterocycles. The van der Waals surface area contributed by atoms with Gasteiger partial charge < -0.3 is 16.7 Å². The summed E-state index contributed by atoms with van der Waals surface area (Å²) >= 11 is 0. The van der Waals surface area contributed by atoms with Gasteiger partial charge in [-0.15, -0.1) is 10.1 Å². The third kappa shape index (κ3) is 6.75. The number of hydrogen-bond acceptors (Lipinski definition) is 3. The van der Waals surface area contributed by atoms with Crippen molar-refractivity contribution in [1.29, 1.82) is 0 Å². The Labute approximate surface area is 83.9 Å². The SMILES string of the molecule is NC(N)=Nc1ccccc1F.O=[N+]([O-])O. The normalized spacial score (nSPS) is 8.33. The maximum Gasteiger partial charge on any atom is 0.291 e. The summed E-state index contributed by atoms with van der Waals surface area (Å²) in [5, 5.41) is 13.6. The molecule has 0 aliphatic rings. The summed E-state index contributed by atoms with van der Waals surface area (Å²) in [6, 6.07) is 6.02. The molecule has 0 bridgehead atoms. The first-order valence-electron chi connectivity index (χ1n) is 3.61. The minimum Gasteiger partial charge on any atom is -0.370 e. The number of hydrogen-bond donors (Lipinski definition) is 3. The molecule has 0 fully saturated rings. The Morgan fingerprint density at radius 2 is 1.93 bits per heavy atom. The number of rotatable bonds is 1. The van der Waals surface area contributed by atoms with Gasteiger partial charge in [0.15, 0.2) is 5.96 Å². The van der Waals surface area contributed by atoms with E-state index in [9.17, 15) is 4.39 Å². The molecule has 0 aliphatic heterocycles. The van der Waals surface area contributed by atoms with Crippen molar-refractivity contribution in [2.75, 3.05) is 0 Å². The van der Waals surface area contributed by atoms with Crippen molar-refractivity contribution in [3.05, 3.63) is 40.2 Å². The maximum atomic E-state index is 12.7. The van der Waals surface area contributed by atoms with Gasteiger partial charge in [-0.05, 0) is 12.1 Å². The van der Waals surface area contributed by atoms with E-state index in [0.717, 1.165) is 0 Å². The van der Waals surface area contributed by atoms with Gasteiger partial charge in [0.25, 0.3) is 5.09 Å². The highest BCUT2D eigenvalue weighted by molar-refractivity contribution is 5.79. The zero-order chi connectivity index (χ0) is 11.8. The molecule has 15 heavy (non-hydrogen) atoms. The largest absolute Gasteiger partial charge is 0.370 e. The van der Waals surface area contributed by atoms with E-state index in [1.807, 2.05) is 0 Å². The molecule has 0 saturated carbocycles. The Morgan fingerprint density at radius 3 is 2.33 bits per heavy atom. The van der Waals surface area contributed by atoms with Crippen LogP contribution in [-0.2, 0) is 0 Å². The summed E-state index contributed by atoms with van der Waals surface area (Å²) in [5.41, 5.74) is 10.3. The van der Waals surface area contributed by atoms with Crippen LogP contribution in [0.4, 0.5) is 10.1 Å². The van der Waals surface area contributed by atoms with Gasteiger partial charge >= 0.3 is 0 Å². The van der Waals surface area contributed by atoms with Crippen LogP contribution < -0.4 is 11.5 Å². The van der Waals surface area contributed by atoms with Crippen molar-refractivity contribution in [3.8, 4) is 0 Å². The molecule has 8 heteroatoms. The highest BCUT2D eigenvalue weighted by atomic mass is 19.1. The van der Waals surface area contributed by atoms with E-state index < -0.39 is 10.9 Å². The van der Waals surface area contributed by atoms with Crippen molar-refractivity contribution in [2.45, 2.75) is 0 Å². The van der Waals surface area contributed by atoms with Crippen molar-refractivity contribution >= 4 is 11.6 Å². The van der Waals surface area contributed by atoms with E-state index >= 15 is 0 Å². The topological polar surface area (TPSA) is 128 Å². The van der Waals surface area contributed by atoms with Crippen LogP contribution in [-0.4, -0.2) is 16.3 Å². The van der Waals surface area contributed by atoms with Gasteiger partial charge in [0.05, 0.1) is 0 Å². The lowest BCUT2D eigenvalue weighted by atomic mass is 10.3. The first-order valence-corrected chi connectivity index (χ1v) is 3.61. The first kappa shape index (κ1) is 12.6. The third-order valence-electron chi connectivity index (χ3n) is 1.10. The van der Waals surface area contributed by atoms with Gasteiger partial charge in [-0.2, -0.15) is 0 Å². The molecule has 5 N–H and O–H groups in total. The van der Waals surface area contributed by atoms with E-state index in [-0.39, 0.29) is 11.6 Å². The molecule has 0 unspecified atom stereocenters. The van der Waals surface area contributed by atoms with Gasteiger partial charge in [-0.25, -0.2) is 9.38 Å². The molecular formula is C7H9FN4O3. The second-order valence-electron chi connectivity index (χ2n) is 2.23. The Morgan fingerprint density at radius 1 is 1.47 bits per heavy atom. The number of para-hydroxylation sites is 1. The van der Waals surface area contributed by atoms with Crippen LogP contribution in [0.5, 0.6) is 0 Å². The predicted octanol–water partition coefficient (Wildman–Crippen LogP) is 0.383. The van der Waals surface area contributed by atoms with Crippen molar-refractivity contribution < 1.29 is 14.7 Å². The van der Waals surface area contributed by atoms with Crippen molar-refractivity contribution in [2.24, 2.45) is 16.5 Å². The fraction of sp³-hybridized carbons (Fsp3) is 0. The van der Waals surface area contributed by atoms with Crippen LogP contribution in [0.1, 0.15) is 0 Å². The lowest BCUT2D eigenvalue weighted by molar-refractivity contribution is -0.742. The van der Waals surface area contributed by atoms with Crippen molar-refractivity contribution in [1.82, 2.24) is 0 Å². The lowest BCUT2D eigenvalue weighted by Crippen LogP contribution is -2.22. The number of aliphatic imine (C=N–C) groups is 1. The molecule has 0 heterocycles. The van der Waals surface area contributed by atoms with Crippen LogP contribution >= 0.6 is 0 Å². The highest BCUT2D eigenvalue weighted by Crippen LogP contribution is 2.15. The van der Waals surface area contributed by atoms with Gasteiger partial charge in [-0.3, -0.25) is 0 Å². The van der Waals surface area contributed by atoms with E-state index in [4.69, 9.17) is 26.8 Å². The number of nitrogens with zero attached hydrogens (tertiary/aromatic N) is 2. The predicted molar refractivity (Wildman–Crippen MR) is 50.7 cm³/mol. The van der Waals surface area contributed by atoms with E-state index in [0.29, 0.717) is 0 Å². The standard InChI is InChI=1S/C7H8FN3.HNO3/c8-5-3-1-2-4-6(5)11-7(9)10;2-1(3)4/h1-4H,(H4,9,10,11);(H,2,3,4). The summed E-state index contributed by atoms with van der Waals surface area (Å²) < 4.78 is 12.7. The number of guanidine groups is 1. The van der Waals surface area contributed by atoms with Crippen LogP contribution in [0, 0.1) is 15.9 Å². The summed E-state index contributed by atoms with van der Waals surface area (Å²) in [6.07, 6.45) is 0. The van der Waals surface area contributed by atoms with Gasteiger partial charge in [-0.1, -0.05) is 12.1 Å². The number of halogens is 1. The summed E-state index contributed by atoms with van der Waals surface area (Å²) in [6.45, 7) is 0. The smallest absolute Gasteiger partial charge is 0.291 e. The number of benzene rings is 1. The molecule has 0 atom stereocenters. The molecular weight excluding hydrogens is 207 g/mol. The molecule has 0 aliphatic carbocycles. The summed E-state index contributed by atoms with van der Waals surface area (Å²) in [4.78, 5) is 11.9. The second kappa shape index (κ2) is 6.13. The molecule has 0 radical (unpaired) electrons. The molecule has 1 aromatic carbocycles. The van der Waals surface area contributed by atoms with Gasteiger partial charge in [0.1, 0.15) is 11.5 Å². The summed E-state index contributed by atoms with van der Waals surface area (Å²) in [7, 11) is 0. The van der Waals surface area contributed by atoms with Crippen LogP contribution in [0.3, 0.4) is 0 Å². The van der Waals surface area contributed by atoms with Crippen LogP contribution in [0.2, 0.25) is 0 Å².